The second kappa shape index (κ2) is 7.80. The standard InChI is InChI=1S/C21H26FN3O2/c22-19-5-3-18(4-6-19)21(7-12-27-13-8-21)20(26)25-10-1-2-17(15-25)14-24-11-9-23-16-24/h3-6,9,11,16-17H,1-2,7-8,10,12-15H2/t17-/m0/s1. The quantitative estimate of drug-likeness (QED) is 0.830. The molecular formula is C21H26FN3O2. The highest BCUT2D eigenvalue weighted by Gasteiger charge is 2.44. The maximum atomic E-state index is 13.7. The highest BCUT2D eigenvalue weighted by atomic mass is 19.1. The minimum atomic E-state index is -0.594. The lowest BCUT2D eigenvalue weighted by atomic mass is 9.72. The molecule has 1 atom stereocenters. The molecule has 6 heteroatoms. The molecule has 0 bridgehead atoms. The zero-order valence-electron chi connectivity index (χ0n) is 15.5. The van der Waals surface area contributed by atoms with E-state index >= 15 is 0 Å². The van der Waals surface area contributed by atoms with Crippen molar-refractivity contribution in [2.75, 3.05) is 26.3 Å². The molecule has 0 unspecified atom stereocenters. The van der Waals surface area contributed by atoms with Crippen LogP contribution in [0.2, 0.25) is 0 Å². The molecule has 27 heavy (non-hydrogen) atoms. The molecule has 2 aromatic rings. The molecule has 1 aromatic carbocycles. The highest BCUT2D eigenvalue weighted by molar-refractivity contribution is 5.88. The van der Waals surface area contributed by atoms with Gasteiger partial charge in [-0.15, -0.1) is 0 Å². The fourth-order valence-electron chi connectivity index (χ4n) is 4.51. The van der Waals surface area contributed by atoms with Gasteiger partial charge in [0.2, 0.25) is 5.91 Å². The molecule has 0 radical (unpaired) electrons. The maximum absolute atomic E-state index is 13.7. The van der Waals surface area contributed by atoms with Crippen LogP contribution in [0.3, 0.4) is 0 Å². The Kier molecular flexibility index (Phi) is 5.25. The van der Waals surface area contributed by atoms with Gasteiger partial charge in [0.1, 0.15) is 5.82 Å². The third-order valence-electron chi connectivity index (χ3n) is 5.99. The zero-order valence-corrected chi connectivity index (χ0v) is 15.5. The lowest BCUT2D eigenvalue weighted by Gasteiger charge is -2.43. The molecule has 0 saturated carbocycles. The monoisotopic (exact) mass is 371 g/mol. The van der Waals surface area contributed by atoms with Gasteiger partial charge in [-0.3, -0.25) is 4.79 Å². The number of rotatable bonds is 4. The molecule has 3 heterocycles. The summed E-state index contributed by atoms with van der Waals surface area (Å²) in [6.07, 6.45) is 9.03. The smallest absolute Gasteiger partial charge is 0.233 e. The number of imidazole rings is 1. The van der Waals surface area contributed by atoms with E-state index in [0.29, 0.717) is 32.0 Å². The topological polar surface area (TPSA) is 47.4 Å². The number of hydrogen-bond donors (Lipinski definition) is 0. The Morgan fingerprint density at radius 2 is 2.04 bits per heavy atom. The Morgan fingerprint density at radius 1 is 1.26 bits per heavy atom. The van der Waals surface area contributed by atoms with Crippen LogP contribution in [0.25, 0.3) is 0 Å². The Morgan fingerprint density at radius 3 is 2.74 bits per heavy atom. The predicted octanol–water partition coefficient (Wildman–Crippen LogP) is 3.01. The fourth-order valence-corrected chi connectivity index (χ4v) is 4.51. The van der Waals surface area contributed by atoms with E-state index < -0.39 is 5.41 Å². The lowest BCUT2D eigenvalue weighted by molar-refractivity contribution is -0.143. The number of hydrogen-bond acceptors (Lipinski definition) is 3. The van der Waals surface area contributed by atoms with Crippen molar-refractivity contribution in [1.29, 1.82) is 0 Å². The van der Waals surface area contributed by atoms with Crippen LogP contribution in [-0.4, -0.2) is 46.7 Å². The SMILES string of the molecule is O=C(N1CCC[C@@H](Cn2ccnc2)C1)C1(c2ccc(F)cc2)CCOCC1. The second-order valence-corrected chi connectivity index (χ2v) is 7.72. The summed E-state index contributed by atoms with van der Waals surface area (Å²) in [6, 6.07) is 6.45. The molecule has 0 spiro atoms. The number of carbonyl (C=O) groups excluding carboxylic acids is 1. The first-order valence-corrected chi connectivity index (χ1v) is 9.76. The van der Waals surface area contributed by atoms with E-state index in [1.807, 2.05) is 17.4 Å². The number of piperidine rings is 1. The van der Waals surface area contributed by atoms with Crippen LogP contribution in [-0.2, 0) is 21.5 Å². The van der Waals surface area contributed by atoms with Gasteiger partial charge >= 0.3 is 0 Å². The first-order chi connectivity index (χ1) is 13.2. The van der Waals surface area contributed by atoms with Gasteiger partial charge < -0.3 is 14.2 Å². The average Bonchev–Trinajstić information content (AvgIpc) is 3.22. The van der Waals surface area contributed by atoms with Crippen LogP contribution in [0, 0.1) is 11.7 Å². The number of nitrogens with zero attached hydrogens (tertiary/aromatic N) is 3. The molecule has 2 aliphatic rings. The van der Waals surface area contributed by atoms with Crippen molar-refractivity contribution < 1.29 is 13.9 Å². The summed E-state index contributed by atoms with van der Waals surface area (Å²) in [5.74, 6) is 0.335. The fraction of sp³-hybridized carbons (Fsp3) is 0.524. The van der Waals surface area contributed by atoms with Crippen molar-refractivity contribution in [2.45, 2.75) is 37.6 Å². The van der Waals surface area contributed by atoms with Gasteiger partial charge in [0, 0.05) is 45.2 Å². The first-order valence-electron chi connectivity index (χ1n) is 9.76. The Bertz CT molecular complexity index is 754. The Hall–Kier alpha value is -2.21. The molecule has 2 aliphatic heterocycles. The molecule has 4 rings (SSSR count). The molecule has 0 aliphatic carbocycles. The molecule has 1 amide bonds. The Balaban J connectivity index is 1.54. The minimum Gasteiger partial charge on any atom is -0.381 e. The Labute approximate surface area is 159 Å². The third kappa shape index (κ3) is 3.76. The molecule has 5 nitrogen and oxygen atoms in total. The van der Waals surface area contributed by atoms with Crippen LogP contribution in [0.15, 0.2) is 43.0 Å². The normalized spacial score (nSPS) is 22.6. The van der Waals surface area contributed by atoms with E-state index in [2.05, 4.69) is 9.55 Å². The van der Waals surface area contributed by atoms with Gasteiger partial charge in [-0.2, -0.15) is 0 Å². The summed E-state index contributed by atoms with van der Waals surface area (Å²) in [7, 11) is 0. The van der Waals surface area contributed by atoms with Crippen molar-refractivity contribution in [3.63, 3.8) is 0 Å². The number of halogens is 1. The summed E-state index contributed by atoms with van der Waals surface area (Å²) in [5.41, 5.74) is 0.317. The largest absolute Gasteiger partial charge is 0.381 e. The van der Waals surface area contributed by atoms with Gasteiger partial charge in [-0.25, -0.2) is 9.37 Å². The van der Waals surface area contributed by atoms with Gasteiger partial charge in [-0.1, -0.05) is 12.1 Å². The summed E-state index contributed by atoms with van der Waals surface area (Å²) in [6.45, 7) is 3.57. The number of aromatic nitrogens is 2. The van der Waals surface area contributed by atoms with Crippen molar-refractivity contribution in [3.05, 3.63) is 54.4 Å². The number of ether oxygens (including phenoxy) is 1. The summed E-state index contributed by atoms with van der Waals surface area (Å²) in [5, 5.41) is 0. The average molecular weight is 371 g/mol. The predicted molar refractivity (Wildman–Crippen MR) is 99.7 cm³/mol. The maximum Gasteiger partial charge on any atom is 0.233 e. The van der Waals surface area contributed by atoms with Gasteiger partial charge in [-0.05, 0) is 49.3 Å². The summed E-state index contributed by atoms with van der Waals surface area (Å²) >= 11 is 0. The summed E-state index contributed by atoms with van der Waals surface area (Å²) < 4.78 is 21.1. The van der Waals surface area contributed by atoms with Gasteiger partial charge in [0.15, 0.2) is 0 Å². The molecule has 1 aromatic heterocycles. The number of likely N-dealkylation sites (tertiary alicyclic amines) is 1. The van der Waals surface area contributed by atoms with Crippen molar-refractivity contribution in [3.8, 4) is 0 Å². The molecule has 2 fully saturated rings. The number of carbonyl (C=O) groups is 1. The first kappa shape index (κ1) is 18.2. The van der Waals surface area contributed by atoms with E-state index in [0.717, 1.165) is 38.0 Å². The van der Waals surface area contributed by atoms with Crippen molar-refractivity contribution in [1.82, 2.24) is 14.5 Å². The third-order valence-corrected chi connectivity index (χ3v) is 5.99. The van der Waals surface area contributed by atoms with Crippen LogP contribution in [0.5, 0.6) is 0 Å². The van der Waals surface area contributed by atoms with Gasteiger partial charge in [0.05, 0.1) is 11.7 Å². The van der Waals surface area contributed by atoms with Crippen LogP contribution in [0.1, 0.15) is 31.2 Å². The minimum absolute atomic E-state index is 0.174. The molecular weight excluding hydrogens is 345 g/mol. The van der Waals surface area contributed by atoms with E-state index in [-0.39, 0.29) is 11.7 Å². The number of amides is 1. The highest BCUT2D eigenvalue weighted by Crippen LogP contribution is 2.38. The van der Waals surface area contributed by atoms with Crippen molar-refractivity contribution in [2.24, 2.45) is 5.92 Å². The van der Waals surface area contributed by atoms with Gasteiger partial charge in [0.25, 0.3) is 0 Å². The summed E-state index contributed by atoms with van der Waals surface area (Å²) in [4.78, 5) is 19.8. The van der Waals surface area contributed by atoms with Crippen LogP contribution in [0.4, 0.5) is 4.39 Å². The van der Waals surface area contributed by atoms with E-state index in [4.69, 9.17) is 4.74 Å². The second-order valence-electron chi connectivity index (χ2n) is 7.72. The zero-order chi connectivity index (χ0) is 18.7. The van der Waals surface area contributed by atoms with Crippen molar-refractivity contribution >= 4 is 5.91 Å². The van der Waals surface area contributed by atoms with E-state index in [1.54, 1.807) is 18.3 Å². The van der Waals surface area contributed by atoms with Crippen LogP contribution >= 0.6 is 0 Å². The van der Waals surface area contributed by atoms with E-state index in [1.165, 1.54) is 12.1 Å². The molecule has 144 valence electrons. The molecule has 0 N–H and O–H groups in total. The number of benzene rings is 1. The van der Waals surface area contributed by atoms with Crippen LogP contribution < -0.4 is 0 Å². The van der Waals surface area contributed by atoms with E-state index in [9.17, 15) is 9.18 Å². The lowest BCUT2D eigenvalue weighted by Crippen LogP contribution is -2.52. The molecule has 2 saturated heterocycles.